The van der Waals surface area contributed by atoms with Gasteiger partial charge in [-0.2, -0.15) is 13.2 Å². The van der Waals surface area contributed by atoms with Gasteiger partial charge in [0.2, 0.25) is 0 Å². The molecule has 0 aliphatic heterocycles. The van der Waals surface area contributed by atoms with E-state index in [1.54, 1.807) is 51.1 Å². The molecule has 0 amide bonds. The zero-order valence-electron chi connectivity index (χ0n) is 18.4. The van der Waals surface area contributed by atoms with Gasteiger partial charge < -0.3 is 15.2 Å². The summed E-state index contributed by atoms with van der Waals surface area (Å²) >= 11 is 0. The smallest absolute Gasteiger partial charge is 0.433 e. The molecular weight excluding hydrogens is 425 g/mol. The van der Waals surface area contributed by atoms with E-state index >= 15 is 0 Å². The van der Waals surface area contributed by atoms with Crippen LogP contribution in [0.25, 0.3) is 0 Å². The summed E-state index contributed by atoms with van der Waals surface area (Å²) < 4.78 is 51.6. The number of esters is 2. The largest absolute Gasteiger partial charge is 0.466 e. The molecule has 9 heteroatoms. The number of aliphatic imine (C=N–C) groups is 1. The van der Waals surface area contributed by atoms with E-state index in [4.69, 9.17) is 15.2 Å². The fraction of sp³-hybridized carbons (Fsp3) is 0.522. The van der Waals surface area contributed by atoms with Gasteiger partial charge in [0, 0.05) is 6.20 Å². The lowest BCUT2D eigenvalue weighted by molar-refractivity contribution is -0.154. The molecule has 0 spiro atoms. The summed E-state index contributed by atoms with van der Waals surface area (Å²) in [5, 5.41) is 0. The van der Waals surface area contributed by atoms with Crippen molar-refractivity contribution < 1.29 is 32.2 Å². The molecule has 0 aromatic heterocycles. The summed E-state index contributed by atoms with van der Waals surface area (Å²) in [6.07, 6.45) is -3.50. The molecule has 0 radical (unpaired) electrons. The highest BCUT2D eigenvalue weighted by Gasteiger charge is 2.45. The van der Waals surface area contributed by atoms with E-state index in [1.165, 1.54) is 0 Å². The number of hydrogen-bond donors (Lipinski definition) is 1. The molecule has 2 atom stereocenters. The van der Waals surface area contributed by atoms with Crippen molar-refractivity contribution in [1.82, 2.24) is 0 Å². The molecule has 1 aromatic carbocycles. The normalized spacial score (nSPS) is 21.7. The van der Waals surface area contributed by atoms with Crippen molar-refractivity contribution in [2.24, 2.45) is 22.1 Å². The van der Waals surface area contributed by atoms with Gasteiger partial charge in [0.05, 0.1) is 18.6 Å². The van der Waals surface area contributed by atoms with E-state index in [1.807, 2.05) is 0 Å². The van der Waals surface area contributed by atoms with Crippen molar-refractivity contribution in [2.45, 2.75) is 58.9 Å². The predicted octanol–water partition coefficient (Wildman–Crippen LogP) is 4.33. The van der Waals surface area contributed by atoms with Gasteiger partial charge >= 0.3 is 18.1 Å². The summed E-state index contributed by atoms with van der Waals surface area (Å²) in [6, 6.07) is 7.84. The molecule has 1 aliphatic carbocycles. The van der Waals surface area contributed by atoms with E-state index in [9.17, 15) is 22.8 Å². The van der Waals surface area contributed by atoms with E-state index < -0.39 is 40.8 Å². The van der Waals surface area contributed by atoms with Crippen LogP contribution >= 0.6 is 0 Å². The van der Waals surface area contributed by atoms with Crippen LogP contribution in [0.15, 0.2) is 47.1 Å². The maximum absolute atomic E-state index is 13.8. The number of rotatable bonds is 7. The first-order chi connectivity index (χ1) is 15.0. The number of carbonyl (C=O) groups excluding carboxylic acids is 2. The number of nitrogens with two attached hydrogens (primary N) is 1. The van der Waals surface area contributed by atoms with Crippen LogP contribution in [-0.2, 0) is 25.7 Å². The lowest BCUT2D eigenvalue weighted by Crippen LogP contribution is -2.40. The Bertz CT molecular complexity index is 864. The van der Waals surface area contributed by atoms with Crippen LogP contribution in [0.3, 0.4) is 0 Å². The van der Waals surface area contributed by atoms with Gasteiger partial charge in [-0.3, -0.25) is 9.79 Å². The Labute approximate surface area is 185 Å². The van der Waals surface area contributed by atoms with Crippen molar-refractivity contribution in [3.63, 3.8) is 0 Å². The molecular formula is C23H29F3N2O4. The maximum atomic E-state index is 13.8. The first kappa shape index (κ1) is 25.4. The first-order valence-corrected chi connectivity index (χ1v) is 10.4. The summed E-state index contributed by atoms with van der Waals surface area (Å²) in [5.41, 5.74) is 3.20. The van der Waals surface area contributed by atoms with Crippen molar-refractivity contribution in [2.75, 3.05) is 6.61 Å². The van der Waals surface area contributed by atoms with Gasteiger partial charge in [-0.15, -0.1) is 0 Å². The third-order valence-electron chi connectivity index (χ3n) is 5.50. The van der Waals surface area contributed by atoms with E-state index in [-0.39, 0.29) is 32.0 Å². The zero-order chi connectivity index (χ0) is 23.9. The Morgan fingerprint density at radius 1 is 1.19 bits per heavy atom. The number of nitrogens with zero attached hydrogens (tertiary/aromatic N) is 1. The molecule has 2 rings (SSSR count). The fourth-order valence-corrected chi connectivity index (χ4v) is 3.91. The van der Waals surface area contributed by atoms with Gasteiger partial charge in [0.1, 0.15) is 12.2 Å². The predicted molar refractivity (Wildman–Crippen MR) is 114 cm³/mol. The second-order valence-electron chi connectivity index (χ2n) is 8.35. The van der Waals surface area contributed by atoms with Crippen LogP contribution in [0.1, 0.15) is 45.6 Å². The van der Waals surface area contributed by atoms with Gasteiger partial charge in [-0.1, -0.05) is 44.2 Å². The summed E-state index contributed by atoms with van der Waals surface area (Å²) in [6.45, 7) is 5.35. The maximum Gasteiger partial charge on any atom is 0.433 e. The molecule has 176 valence electrons. The number of carbonyl (C=O) groups is 2. The van der Waals surface area contributed by atoms with Gasteiger partial charge in [0.25, 0.3) is 0 Å². The highest BCUT2D eigenvalue weighted by atomic mass is 19.4. The highest BCUT2D eigenvalue weighted by Crippen LogP contribution is 2.43. The average Bonchev–Trinajstić information content (AvgIpc) is 2.71. The lowest BCUT2D eigenvalue weighted by Gasteiger charge is -2.39. The fourth-order valence-electron chi connectivity index (χ4n) is 3.91. The van der Waals surface area contributed by atoms with Crippen molar-refractivity contribution in [3.8, 4) is 0 Å². The van der Waals surface area contributed by atoms with Gasteiger partial charge in [0.15, 0.2) is 5.71 Å². The standard InChI is InChI=1S/C23H29F3N2O4/c1-4-31-21(30)18-11-10-16(12-22(18,2)3)28-19(23(24,25)26)17(13-27)20(29)32-14-15-8-6-5-7-9-15/h5-9,13,16,18H,4,10-12,14,27H2,1-3H3/t16-,18+/m0/s1. The lowest BCUT2D eigenvalue weighted by atomic mass is 9.67. The Hall–Kier alpha value is -2.84. The molecule has 1 fully saturated rings. The summed E-state index contributed by atoms with van der Waals surface area (Å²) in [5.74, 6) is -1.99. The Morgan fingerprint density at radius 3 is 2.38 bits per heavy atom. The van der Waals surface area contributed by atoms with Crippen molar-refractivity contribution in [1.29, 1.82) is 0 Å². The number of halogens is 3. The van der Waals surface area contributed by atoms with Crippen LogP contribution < -0.4 is 5.73 Å². The topological polar surface area (TPSA) is 91.0 Å². The minimum Gasteiger partial charge on any atom is -0.466 e. The van der Waals surface area contributed by atoms with Crippen LogP contribution in [0, 0.1) is 11.3 Å². The molecule has 6 nitrogen and oxygen atoms in total. The quantitative estimate of drug-likeness (QED) is 0.376. The molecule has 1 saturated carbocycles. The highest BCUT2D eigenvalue weighted by molar-refractivity contribution is 6.22. The third-order valence-corrected chi connectivity index (χ3v) is 5.50. The van der Waals surface area contributed by atoms with Crippen molar-refractivity contribution >= 4 is 17.7 Å². The van der Waals surface area contributed by atoms with Crippen LogP contribution in [0.4, 0.5) is 13.2 Å². The molecule has 0 saturated heterocycles. The number of benzene rings is 1. The molecule has 1 aliphatic rings. The molecule has 0 unspecified atom stereocenters. The second kappa shape index (κ2) is 10.7. The Balaban J connectivity index is 2.21. The van der Waals surface area contributed by atoms with E-state index in [0.717, 1.165) is 0 Å². The number of ether oxygens (including phenoxy) is 2. The number of alkyl halides is 3. The van der Waals surface area contributed by atoms with Crippen LogP contribution in [-0.4, -0.2) is 36.5 Å². The molecule has 0 heterocycles. The van der Waals surface area contributed by atoms with Gasteiger partial charge in [-0.05, 0) is 37.2 Å². The Kier molecular flexibility index (Phi) is 8.46. The first-order valence-electron chi connectivity index (χ1n) is 10.4. The third kappa shape index (κ3) is 6.58. The van der Waals surface area contributed by atoms with E-state index in [2.05, 4.69) is 4.99 Å². The molecule has 1 aromatic rings. The summed E-state index contributed by atoms with van der Waals surface area (Å²) in [7, 11) is 0. The average molecular weight is 454 g/mol. The zero-order valence-corrected chi connectivity index (χ0v) is 18.4. The minimum absolute atomic E-state index is 0.195. The van der Waals surface area contributed by atoms with Crippen molar-refractivity contribution in [3.05, 3.63) is 47.7 Å². The van der Waals surface area contributed by atoms with Crippen LogP contribution in [0.5, 0.6) is 0 Å². The molecule has 0 bridgehead atoms. The summed E-state index contributed by atoms with van der Waals surface area (Å²) in [4.78, 5) is 28.5. The minimum atomic E-state index is -4.90. The SMILES string of the molecule is CCOC(=O)[C@H]1CC[C@H](N=C(C(=CN)C(=O)OCc2ccccc2)C(F)(F)F)CC1(C)C. The van der Waals surface area contributed by atoms with Crippen LogP contribution in [0.2, 0.25) is 0 Å². The molecule has 32 heavy (non-hydrogen) atoms. The monoisotopic (exact) mass is 454 g/mol. The van der Waals surface area contributed by atoms with E-state index in [0.29, 0.717) is 18.2 Å². The number of hydrogen-bond acceptors (Lipinski definition) is 6. The molecule has 2 N–H and O–H groups in total. The second-order valence-corrected chi connectivity index (χ2v) is 8.35. The van der Waals surface area contributed by atoms with Gasteiger partial charge in [-0.25, -0.2) is 4.79 Å². The Morgan fingerprint density at radius 2 is 1.84 bits per heavy atom.